The molecular weight excluding hydrogens is 163 g/mol. The van der Waals surface area contributed by atoms with E-state index < -0.39 is 0 Å². The van der Waals surface area contributed by atoms with E-state index in [9.17, 15) is 0 Å². The van der Waals surface area contributed by atoms with Gasteiger partial charge in [0.25, 0.3) is 0 Å². The topological polar surface area (TPSA) is 0 Å². The molecule has 2 heteroatoms. The minimum atomic E-state index is 0.855. The second-order valence-electron chi connectivity index (χ2n) is 3.73. The van der Waals surface area contributed by atoms with E-state index in [1.54, 1.807) is 0 Å². The molecular formula is C10H23BS. The lowest BCUT2D eigenvalue weighted by molar-refractivity contribution is 0.965. The number of hydrogen-bond acceptors (Lipinski definition) is 1. The summed E-state index contributed by atoms with van der Waals surface area (Å²) in [4.78, 5) is 0. The molecule has 0 aliphatic rings. The highest BCUT2D eigenvalue weighted by Gasteiger charge is 2.14. The van der Waals surface area contributed by atoms with E-state index >= 15 is 0 Å². The molecule has 0 aliphatic carbocycles. The van der Waals surface area contributed by atoms with E-state index in [0.29, 0.717) is 0 Å². The van der Waals surface area contributed by atoms with Crippen molar-refractivity contribution in [2.45, 2.75) is 57.8 Å². The van der Waals surface area contributed by atoms with Crippen LogP contribution in [0.5, 0.6) is 0 Å². The van der Waals surface area contributed by atoms with Crippen LogP contribution in [0.4, 0.5) is 0 Å². The van der Waals surface area contributed by atoms with Gasteiger partial charge < -0.3 is 0 Å². The van der Waals surface area contributed by atoms with Crippen LogP contribution >= 0.6 is 11.8 Å². The van der Waals surface area contributed by atoms with Crippen LogP contribution in [0.2, 0.25) is 19.0 Å². The normalized spacial score (nSPS) is 13.0. The maximum atomic E-state index is 2.35. The van der Waals surface area contributed by atoms with Crippen LogP contribution in [-0.2, 0) is 0 Å². The number of hydrogen-bond donors (Lipinski definition) is 0. The van der Waals surface area contributed by atoms with Crippen LogP contribution in [-0.4, -0.2) is 18.2 Å². The first kappa shape index (κ1) is 12.4. The van der Waals surface area contributed by atoms with Gasteiger partial charge in [-0.25, -0.2) is 0 Å². The zero-order valence-electron chi connectivity index (χ0n) is 9.10. The lowest BCUT2D eigenvalue weighted by atomic mass is 9.41. The molecule has 0 heterocycles. The van der Waals surface area contributed by atoms with E-state index in [4.69, 9.17) is 0 Å². The molecule has 0 aromatic heterocycles. The third-order valence-electron chi connectivity index (χ3n) is 2.46. The fourth-order valence-corrected chi connectivity index (χ4v) is 2.23. The first-order valence-electron chi connectivity index (χ1n) is 5.27. The second kappa shape index (κ2) is 8.03. The molecule has 0 aliphatic heterocycles. The molecule has 0 rings (SSSR count). The van der Waals surface area contributed by atoms with Crippen molar-refractivity contribution in [3.63, 3.8) is 0 Å². The minimum absolute atomic E-state index is 0.855. The van der Waals surface area contributed by atoms with E-state index in [0.717, 1.165) is 12.0 Å². The first-order valence-corrected chi connectivity index (χ1v) is 6.56. The maximum Gasteiger partial charge on any atom is 0.140 e. The summed E-state index contributed by atoms with van der Waals surface area (Å²) in [5.74, 6) is 0. The predicted molar refractivity (Wildman–Crippen MR) is 63.7 cm³/mol. The molecule has 0 N–H and O–H groups in total. The van der Waals surface area contributed by atoms with Crippen molar-refractivity contribution in [3.8, 4) is 0 Å². The fraction of sp³-hybridized carbons (Fsp3) is 1.00. The Kier molecular flexibility index (Phi) is 8.31. The molecule has 0 saturated carbocycles. The lowest BCUT2D eigenvalue weighted by Crippen LogP contribution is -2.16. The van der Waals surface area contributed by atoms with Gasteiger partial charge in [-0.05, 0) is 11.5 Å². The molecule has 12 heavy (non-hydrogen) atoms. The van der Waals surface area contributed by atoms with Crippen molar-refractivity contribution >= 4 is 18.5 Å². The molecule has 0 radical (unpaired) electrons. The second-order valence-corrected chi connectivity index (χ2v) is 5.00. The standard InChI is InChI=1S/C10H23BS/c1-5-7-11(8-6-2)9-10(3)12-4/h10H,5-9H2,1-4H3. The van der Waals surface area contributed by atoms with Crippen LogP contribution in [0.1, 0.15) is 33.6 Å². The average molecular weight is 186 g/mol. The number of thioether (sulfide) groups is 1. The maximum absolute atomic E-state index is 2.35. The van der Waals surface area contributed by atoms with Gasteiger partial charge in [-0.3, -0.25) is 0 Å². The molecule has 0 aromatic rings. The molecule has 0 spiro atoms. The Balaban J connectivity index is 3.61. The van der Waals surface area contributed by atoms with E-state index in [-0.39, 0.29) is 0 Å². The van der Waals surface area contributed by atoms with Gasteiger partial charge in [-0.1, -0.05) is 52.6 Å². The van der Waals surface area contributed by atoms with Gasteiger partial charge in [0, 0.05) is 0 Å². The van der Waals surface area contributed by atoms with Crippen molar-refractivity contribution in [1.82, 2.24) is 0 Å². The van der Waals surface area contributed by atoms with E-state index in [2.05, 4.69) is 27.0 Å². The summed E-state index contributed by atoms with van der Waals surface area (Å²) in [6.45, 7) is 7.93. The van der Waals surface area contributed by atoms with Gasteiger partial charge in [-0.15, -0.1) is 0 Å². The quantitative estimate of drug-likeness (QED) is 0.540. The monoisotopic (exact) mass is 186 g/mol. The van der Waals surface area contributed by atoms with Crippen molar-refractivity contribution < 1.29 is 0 Å². The summed E-state index contributed by atoms with van der Waals surface area (Å²) in [6, 6.07) is 0. The van der Waals surface area contributed by atoms with Crippen molar-refractivity contribution in [2.24, 2.45) is 0 Å². The Bertz CT molecular complexity index is 89.8. The SMILES string of the molecule is CCCB(CCC)CC(C)SC. The van der Waals surface area contributed by atoms with Gasteiger partial charge >= 0.3 is 0 Å². The highest BCUT2D eigenvalue weighted by molar-refractivity contribution is 7.99. The smallest absolute Gasteiger partial charge is 0.140 e. The summed E-state index contributed by atoms with van der Waals surface area (Å²) < 4.78 is 0. The highest BCUT2D eigenvalue weighted by Crippen LogP contribution is 2.19. The molecule has 0 amide bonds. The fourth-order valence-electron chi connectivity index (χ4n) is 1.76. The Labute approximate surface area is 83.0 Å². The van der Waals surface area contributed by atoms with Crippen LogP contribution in [0.15, 0.2) is 0 Å². The zero-order valence-corrected chi connectivity index (χ0v) is 9.91. The Morgan fingerprint density at radius 2 is 1.67 bits per heavy atom. The molecule has 0 saturated heterocycles. The summed E-state index contributed by atoms with van der Waals surface area (Å²) >= 11 is 2.00. The molecule has 0 nitrogen and oxygen atoms in total. The Morgan fingerprint density at radius 1 is 1.17 bits per heavy atom. The third kappa shape index (κ3) is 5.99. The molecule has 72 valence electrons. The van der Waals surface area contributed by atoms with Gasteiger partial charge in [-0.2, -0.15) is 11.8 Å². The lowest BCUT2D eigenvalue weighted by Gasteiger charge is -2.15. The van der Waals surface area contributed by atoms with Crippen LogP contribution in [0, 0.1) is 0 Å². The largest absolute Gasteiger partial charge is 0.163 e. The molecule has 0 aromatic carbocycles. The number of rotatable bonds is 7. The molecule has 0 fully saturated rings. The van der Waals surface area contributed by atoms with Crippen LogP contribution < -0.4 is 0 Å². The van der Waals surface area contributed by atoms with Crippen LogP contribution in [0.3, 0.4) is 0 Å². The summed E-state index contributed by atoms with van der Waals surface area (Å²) in [6.07, 6.45) is 9.21. The predicted octanol–water partition coefficient (Wildman–Crippen LogP) is 4.05. The van der Waals surface area contributed by atoms with Gasteiger partial charge in [0.2, 0.25) is 0 Å². The molecule has 1 unspecified atom stereocenters. The van der Waals surface area contributed by atoms with E-state index in [1.165, 1.54) is 31.8 Å². The summed E-state index contributed by atoms with van der Waals surface area (Å²) in [5, 5.41) is 0.855. The van der Waals surface area contributed by atoms with Crippen molar-refractivity contribution in [3.05, 3.63) is 0 Å². The zero-order chi connectivity index (χ0) is 9.40. The Morgan fingerprint density at radius 3 is 2.00 bits per heavy atom. The highest BCUT2D eigenvalue weighted by atomic mass is 32.2. The Hall–Kier alpha value is 0.415. The average Bonchev–Trinajstić information content (AvgIpc) is 2.05. The van der Waals surface area contributed by atoms with Gasteiger partial charge in [0.05, 0.1) is 0 Å². The molecule has 0 bridgehead atoms. The van der Waals surface area contributed by atoms with Gasteiger partial charge in [0.15, 0.2) is 0 Å². The first-order chi connectivity index (χ1) is 5.74. The molecule has 1 atom stereocenters. The summed E-state index contributed by atoms with van der Waals surface area (Å²) in [5.41, 5.74) is 0. The minimum Gasteiger partial charge on any atom is -0.163 e. The summed E-state index contributed by atoms with van der Waals surface area (Å²) in [7, 11) is 0. The van der Waals surface area contributed by atoms with Gasteiger partial charge in [0.1, 0.15) is 6.71 Å². The van der Waals surface area contributed by atoms with E-state index in [1.807, 2.05) is 11.8 Å². The van der Waals surface area contributed by atoms with Crippen molar-refractivity contribution in [1.29, 1.82) is 0 Å². The third-order valence-corrected chi connectivity index (χ3v) is 3.46. The van der Waals surface area contributed by atoms with Crippen LogP contribution in [0.25, 0.3) is 0 Å². The van der Waals surface area contributed by atoms with Crippen molar-refractivity contribution in [2.75, 3.05) is 6.26 Å².